The number of hydrogen-bond acceptors (Lipinski definition) is 2. The molecule has 0 atom stereocenters. The molecule has 0 fully saturated rings. The number of aryl methyl sites for hydroxylation is 1. The second kappa shape index (κ2) is 6.60. The summed E-state index contributed by atoms with van der Waals surface area (Å²) in [4.78, 5) is 0. The molecule has 0 radical (unpaired) electrons. The summed E-state index contributed by atoms with van der Waals surface area (Å²) in [6.07, 6.45) is 0. The maximum Gasteiger partial charge on any atom is 0.218 e. The molecule has 2 aromatic rings. The molecular weight excluding hydrogens is 306 g/mol. The first-order valence-corrected chi connectivity index (χ1v) is 8.59. The van der Waals surface area contributed by atoms with Crippen LogP contribution in [0.2, 0.25) is 5.02 Å². The van der Waals surface area contributed by atoms with Crippen molar-refractivity contribution in [1.82, 2.24) is 4.31 Å². The Kier molecular flexibility index (Phi) is 5.04. The number of nitrogens with zero attached hydrogens (tertiary/aromatic N) is 1. The number of benzene rings is 2. The highest BCUT2D eigenvalue weighted by Crippen LogP contribution is 2.16. The Morgan fingerprint density at radius 1 is 1.05 bits per heavy atom. The molecule has 3 nitrogen and oxygen atoms in total. The van der Waals surface area contributed by atoms with Gasteiger partial charge in [0.2, 0.25) is 10.0 Å². The lowest BCUT2D eigenvalue weighted by Crippen LogP contribution is -2.27. The van der Waals surface area contributed by atoms with Crippen LogP contribution in [0.3, 0.4) is 0 Å². The first-order chi connectivity index (χ1) is 9.87. The lowest BCUT2D eigenvalue weighted by Gasteiger charge is -2.17. The Bertz CT molecular complexity index is 711. The van der Waals surface area contributed by atoms with Crippen molar-refractivity contribution >= 4 is 21.6 Å². The highest BCUT2D eigenvalue weighted by molar-refractivity contribution is 7.88. The SMILES string of the molecule is Cc1ccc(CN(C)S(=O)(=O)Cc2cccc(Cl)c2)cc1. The van der Waals surface area contributed by atoms with E-state index < -0.39 is 10.0 Å². The molecule has 0 saturated heterocycles. The zero-order chi connectivity index (χ0) is 15.5. The quantitative estimate of drug-likeness (QED) is 0.843. The minimum atomic E-state index is -3.36. The van der Waals surface area contributed by atoms with Crippen LogP contribution in [0, 0.1) is 6.92 Å². The molecule has 0 amide bonds. The summed E-state index contributed by atoms with van der Waals surface area (Å²) in [5.74, 6) is -0.0457. The molecular formula is C16H18ClNO2S. The van der Waals surface area contributed by atoms with Gasteiger partial charge in [0.1, 0.15) is 0 Å². The Morgan fingerprint density at radius 3 is 2.33 bits per heavy atom. The van der Waals surface area contributed by atoms with Gasteiger partial charge in [-0.25, -0.2) is 12.7 Å². The topological polar surface area (TPSA) is 37.4 Å². The van der Waals surface area contributed by atoms with Crippen molar-refractivity contribution in [3.05, 3.63) is 70.2 Å². The van der Waals surface area contributed by atoms with Crippen LogP contribution >= 0.6 is 11.6 Å². The third-order valence-electron chi connectivity index (χ3n) is 3.24. The highest BCUT2D eigenvalue weighted by atomic mass is 35.5. The second-order valence-electron chi connectivity index (χ2n) is 5.13. The molecule has 0 unspecified atom stereocenters. The van der Waals surface area contributed by atoms with Gasteiger partial charge in [-0.15, -0.1) is 0 Å². The maximum atomic E-state index is 12.4. The largest absolute Gasteiger partial charge is 0.218 e. The van der Waals surface area contributed by atoms with Crippen molar-refractivity contribution in [2.24, 2.45) is 0 Å². The van der Waals surface area contributed by atoms with Crippen LogP contribution in [0.5, 0.6) is 0 Å². The van der Waals surface area contributed by atoms with E-state index in [1.807, 2.05) is 31.2 Å². The zero-order valence-electron chi connectivity index (χ0n) is 12.1. The van der Waals surface area contributed by atoms with Crippen molar-refractivity contribution in [1.29, 1.82) is 0 Å². The summed E-state index contributed by atoms with van der Waals surface area (Å²) in [6.45, 7) is 2.37. The van der Waals surface area contributed by atoms with Crippen molar-refractivity contribution < 1.29 is 8.42 Å². The van der Waals surface area contributed by atoms with Gasteiger partial charge < -0.3 is 0 Å². The van der Waals surface area contributed by atoms with E-state index in [0.717, 1.165) is 11.1 Å². The molecule has 0 heterocycles. The van der Waals surface area contributed by atoms with Gasteiger partial charge in [0.05, 0.1) is 5.75 Å². The molecule has 0 bridgehead atoms. The summed E-state index contributed by atoms with van der Waals surface area (Å²) in [6, 6.07) is 14.8. The molecule has 0 aliphatic rings. The summed E-state index contributed by atoms with van der Waals surface area (Å²) in [7, 11) is -1.77. The summed E-state index contributed by atoms with van der Waals surface area (Å²) in [5, 5.41) is 0.545. The van der Waals surface area contributed by atoms with Gasteiger partial charge in [0, 0.05) is 18.6 Å². The number of halogens is 1. The monoisotopic (exact) mass is 323 g/mol. The van der Waals surface area contributed by atoms with Gasteiger partial charge in [0.25, 0.3) is 0 Å². The summed E-state index contributed by atoms with van der Waals surface area (Å²) in [5.41, 5.74) is 2.82. The Morgan fingerprint density at radius 2 is 1.71 bits per heavy atom. The lowest BCUT2D eigenvalue weighted by atomic mass is 10.1. The lowest BCUT2D eigenvalue weighted by molar-refractivity contribution is 0.466. The Hall–Kier alpha value is -1.36. The molecule has 112 valence electrons. The van der Waals surface area contributed by atoms with Crippen LogP contribution < -0.4 is 0 Å². The standard InChI is InChI=1S/C16H18ClNO2S/c1-13-6-8-14(9-7-13)11-18(2)21(19,20)12-15-4-3-5-16(17)10-15/h3-10H,11-12H2,1-2H3. The van der Waals surface area contributed by atoms with Crippen LogP contribution in [0.25, 0.3) is 0 Å². The van der Waals surface area contributed by atoms with E-state index in [4.69, 9.17) is 11.6 Å². The van der Waals surface area contributed by atoms with Crippen LogP contribution in [0.1, 0.15) is 16.7 Å². The molecule has 0 saturated carbocycles. The predicted molar refractivity (Wildman–Crippen MR) is 86.7 cm³/mol. The maximum absolute atomic E-state index is 12.4. The predicted octanol–water partition coefficient (Wildman–Crippen LogP) is 3.61. The first kappa shape index (κ1) is 16.0. The van der Waals surface area contributed by atoms with E-state index in [9.17, 15) is 8.42 Å². The molecule has 0 N–H and O–H groups in total. The summed E-state index contributed by atoms with van der Waals surface area (Å²) < 4.78 is 26.1. The van der Waals surface area contributed by atoms with Crippen LogP contribution in [0.4, 0.5) is 0 Å². The van der Waals surface area contributed by atoms with Crippen LogP contribution in [-0.4, -0.2) is 19.8 Å². The van der Waals surface area contributed by atoms with Gasteiger partial charge in [-0.2, -0.15) is 0 Å². The van der Waals surface area contributed by atoms with E-state index in [1.54, 1.807) is 31.3 Å². The van der Waals surface area contributed by atoms with Crippen molar-refractivity contribution in [2.45, 2.75) is 19.2 Å². The van der Waals surface area contributed by atoms with Gasteiger partial charge in [-0.1, -0.05) is 53.6 Å². The normalized spacial score (nSPS) is 11.8. The number of sulfonamides is 1. The van der Waals surface area contributed by atoms with Gasteiger partial charge in [-0.05, 0) is 30.2 Å². The highest BCUT2D eigenvalue weighted by Gasteiger charge is 2.18. The summed E-state index contributed by atoms with van der Waals surface area (Å²) >= 11 is 5.89. The van der Waals surface area contributed by atoms with E-state index in [2.05, 4.69) is 0 Å². The molecule has 0 aliphatic carbocycles. The molecule has 0 aromatic heterocycles. The fourth-order valence-electron chi connectivity index (χ4n) is 2.00. The van der Waals surface area contributed by atoms with E-state index in [0.29, 0.717) is 17.1 Å². The minimum absolute atomic E-state index is 0.0457. The van der Waals surface area contributed by atoms with E-state index in [-0.39, 0.29) is 5.75 Å². The average molecular weight is 324 g/mol. The van der Waals surface area contributed by atoms with Crippen molar-refractivity contribution in [2.75, 3.05) is 7.05 Å². The first-order valence-electron chi connectivity index (χ1n) is 6.61. The number of hydrogen-bond donors (Lipinski definition) is 0. The van der Waals surface area contributed by atoms with Gasteiger partial charge >= 0.3 is 0 Å². The minimum Gasteiger partial charge on any atom is -0.212 e. The average Bonchev–Trinajstić information content (AvgIpc) is 2.41. The fourth-order valence-corrected chi connectivity index (χ4v) is 3.38. The van der Waals surface area contributed by atoms with Crippen LogP contribution in [0.15, 0.2) is 48.5 Å². The molecule has 21 heavy (non-hydrogen) atoms. The van der Waals surface area contributed by atoms with Gasteiger partial charge in [-0.3, -0.25) is 0 Å². The van der Waals surface area contributed by atoms with Crippen molar-refractivity contribution in [3.8, 4) is 0 Å². The molecule has 2 rings (SSSR count). The molecule has 0 aliphatic heterocycles. The second-order valence-corrected chi connectivity index (χ2v) is 7.64. The van der Waals surface area contributed by atoms with E-state index in [1.165, 1.54) is 4.31 Å². The Labute approximate surface area is 131 Å². The number of rotatable bonds is 5. The third kappa shape index (κ3) is 4.56. The van der Waals surface area contributed by atoms with Crippen LogP contribution in [-0.2, 0) is 22.3 Å². The van der Waals surface area contributed by atoms with E-state index >= 15 is 0 Å². The van der Waals surface area contributed by atoms with Gasteiger partial charge in [0.15, 0.2) is 0 Å². The third-order valence-corrected chi connectivity index (χ3v) is 5.25. The Balaban J connectivity index is 2.09. The molecule has 5 heteroatoms. The van der Waals surface area contributed by atoms with Crippen molar-refractivity contribution in [3.63, 3.8) is 0 Å². The smallest absolute Gasteiger partial charge is 0.212 e. The zero-order valence-corrected chi connectivity index (χ0v) is 13.7. The molecule has 0 spiro atoms. The molecule has 2 aromatic carbocycles. The fraction of sp³-hybridized carbons (Fsp3) is 0.250.